The first kappa shape index (κ1) is 21.2. The Balaban J connectivity index is 2.88. The van der Waals surface area contributed by atoms with Gasteiger partial charge in [-0.1, -0.05) is 46.6 Å². The van der Waals surface area contributed by atoms with Gasteiger partial charge in [0.15, 0.2) is 11.5 Å². The second-order valence-corrected chi connectivity index (χ2v) is 6.87. The number of carbonyl (C=O) groups is 2. The molecule has 0 bridgehead atoms. The van der Waals surface area contributed by atoms with Gasteiger partial charge in [-0.15, -0.1) is 0 Å². The third kappa shape index (κ3) is 8.71. The molecule has 0 unspecified atom stereocenters. The summed E-state index contributed by atoms with van der Waals surface area (Å²) < 4.78 is 10.9. The molecule has 0 heterocycles. The Bertz CT molecular complexity index is 549. The second-order valence-electron chi connectivity index (χ2n) is 6.87. The van der Waals surface area contributed by atoms with Crippen LogP contribution in [-0.4, -0.2) is 11.9 Å². The van der Waals surface area contributed by atoms with Crippen molar-refractivity contribution in [1.29, 1.82) is 0 Å². The number of ether oxygens (including phenoxy) is 2. The number of esters is 2. The van der Waals surface area contributed by atoms with Gasteiger partial charge >= 0.3 is 11.9 Å². The smallest absolute Gasteiger partial charge is 0.311 e. The van der Waals surface area contributed by atoms with E-state index in [9.17, 15) is 9.59 Å². The van der Waals surface area contributed by atoms with Gasteiger partial charge in [-0.2, -0.15) is 0 Å². The maximum Gasteiger partial charge on any atom is 0.311 e. The van der Waals surface area contributed by atoms with Crippen LogP contribution in [0.4, 0.5) is 0 Å². The zero-order valence-electron chi connectivity index (χ0n) is 16.1. The van der Waals surface area contributed by atoms with E-state index in [1.807, 2.05) is 26.0 Å². The van der Waals surface area contributed by atoms with Crippen molar-refractivity contribution in [3.63, 3.8) is 0 Å². The molecule has 0 atom stereocenters. The number of hydrogen-bond donors (Lipinski definition) is 0. The van der Waals surface area contributed by atoms with Gasteiger partial charge in [-0.25, -0.2) is 0 Å². The molecule has 0 aliphatic carbocycles. The highest BCUT2D eigenvalue weighted by Crippen LogP contribution is 2.30. The molecule has 0 radical (unpaired) electrons. The molecule has 140 valence electrons. The lowest BCUT2D eigenvalue weighted by atomic mass is 10.0. The van der Waals surface area contributed by atoms with Crippen molar-refractivity contribution < 1.29 is 19.1 Å². The topological polar surface area (TPSA) is 52.6 Å². The van der Waals surface area contributed by atoms with Crippen LogP contribution in [0.5, 0.6) is 11.5 Å². The number of carbonyl (C=O) groups excluding carboxylic acids is 2. The van der Waals surface area contributed by atoms with Gasteiger partial charge in [0, 0.05) is 12.8 Å². The third-order valence-corrected chi connectivity index (χ3v) is 3.93. The van der Waals surface area contributed by atoms with Crippen molar-refractivity contribution in [3.05, 3.63) is 23.8 Å². The van der Waals surface area contributed by atoms with Crippen molar-refractivity contribution in [2.45, 2.75) is 79.1 Å². The maximum absolute atomic E-state index is 12.0. The van der Waals surface area contributed by atoms with Crippen LogP contribution < -0.4 is 9.47 Å². The van der Waals surface area contributed by atoms with Crippen LogP contribution in [0.2, 0.25) is 0 Å². The SMILES string of the molecule is CCCCC(=O)Oc1ccc(CCC(C)C)cc1OC(=O)CCCC. The van der Waals surface area contributed by atoms with E-state index in [-0.39, 0.29) is 11.9 Å². The Hall–Kier alpha value is -1.84. The molecule has 4 nitrogen and oxygen atoms in total. The van der Waals surface area contributed by atoms with Gasteiger partial charge < -0.3 is 9.47 Å². The molecule has 0 spiro atoms. The molecule has 1 rings (SSSR count). The van der Waals surface area contributed by atoms with E-state index in [0.717, 1.165) is 44.1 Å². The minimum absolute atomic E-state index is 0.284. The molecule has 0 aliphatic rings. The number of rotatable bonds is 11. The largest absolute Gasteiger partial charge is 0.423 e. The third-order valence-electron chi connectivity index (χ3n) is 3.93. The summed E-state index contributed by atoms with van der Waals surface area (Å²) in [6, 6.07) is 5.50. The normalized spacial score (nSPS) is 10.8. The molecule has 4 heteroatoms. The molecule has 0 fully saturated rings. The van der Waals surface area contributed by atoms with E-state index in [0.29, 0.717) is 30.3 Å². The quantitative estimate of drug-likeness (QED) is 0.393. The van der Waals surface area contributed by atoms with Crippen molar-refractivity contribution in [2.24, 2.45) is 5.92 Å². The summed E-state index contributed by atoms with van der Waals surface area (Å²) in [5.74, 6) is 0.713. The van der Waals surface area contributed by atoms with Gasteiger partial charge in [-0.05, 0) is 49.3 Å². The van der Waals surface area contributed by atoms with Crippen LogP contribution >= 0.6 is 0 Å². The minimum atomic E-state index is -0.289. The van der Waals surface area contributed by atoms with Crippen LogP contribution in [0, 0.1) is 5.92 Å². The van der Waals surface area contributed by atoms with Crippen molar-refractivity contribution in [2.75, 3.05) is 0 Å². The lowest BCUT2D eigenvalue weighted by molar-refractivity contribution is -0.137. The van der Waals surface area contributed by atoms with Gasteiger partial charge in [-0.3, -0.25) is 9.59 Å². The summed E-state index contributed by atoms with van der Waals surface area (Å²) in [5, 5.41) is 0. The van der Waals surface area contributed by atoms with Gasteiger partial charge in [0.05, 0.1) is 0 Å². The minimum Gasteiger partial charge on any atom is -0.423 e. The average Bonchev–Trinajstić information content (AvgIpc) is 2.58. The fourth-order valence-electron chi connectivity index (χ4n) is 2.32. The molecular formula is C21H32O4. The van der Waals surface area contributed by atoms with Crippen molar-refractivity contribution in [1.82, 2.24) is 0 Å². The van der Waals surface area contributed by atoms with Crippen LogP contribution in [0.15, 0.2) is 18.2 Å². The standard InChI is InChI=1S/C21H32O4/c1-5-7-9-20(22)24-18-14-13-17(12-11-16(3)4)15-19(18)25-21(23)10-8-6-2/h13-16H,5-12H2,1-4H3. The predicted molar refractivity (Wildman–Crippen MR) is 99.9 cm³/mol. The first-order valence-electron chi connectivity index (χ1n) is 9.50. The average molecular weight is 348 g/mol. The summed E-state index contributed by atoms with van der Waals surface area (Å²) in [6.07, 6.45) is 6.14. The summed E-state index contributed by atoms with van der Waals surface area (Å²) in [7, 11) is 0. The fourth-order valence-corrected chi connectivity index (χ4v) is 2.32. The summed E-state index contributed by atoms with van der Waals surface area (Å²) in [5.41, 5.74) is 1.08. The monoisotopic (exact) mass is 348 g/mol. The summed E-state index contributed by atoms with van der Waals surface area (Å²) in [6.45, 7) is 8.41. The first-order chi connectivity index (χ1) is 12.0. The Kier molecular flexibility index (Phi) is 9.90. The molecular weight excluding hydrogens is 316 g/mol. The highest BCUT2D eigenvalue weighted by atomic mass is 16.6. The first-order valence-corrected chi connectivity index (χ1v) is 9.50. The van der Waals surface area contributed by atoms with E-state index in [1.54, 1.807) is 6.07 Å². The molecule has 0 N–H and O–H groups in total. The second kappa shape index (κ2) is 11.7. The van der Waals surface area contributed by atoms with E-state index in [2.05, 4.69) is 13.8 Å². The van der Waals surface area contributed by atoms with E-state index >= 15 is 0 Å². The molecule has 0 saturated heterocycles. The zero-order valence-corrected chi connectivity index (χ0v) is 16.1. The number of hydrogen-bond acceptors (Lipinski definition) is 4. The van der Waals surface area contributed by atoms with Crippen LogP contribution in [-0.2, 0) is 16.0 Å². The highest BCUT2D eigenvalue weighted by Gasteiger charge is 2.14. The Labute approximate surface area is 151 Å². The van der Waals surface area contributed by atoms with Crippen molar-refractivity contribution >= 4 is 11.9 Å². The lowest BCUT2D eigenvalue weighted by Gasteiger charge is -2.13. The fraction of sp³-hybridized carbons (Fsp3) is 0.619. The van der Waals surface area contributed by atoms with Crippen molar-refractivity contribution in [3.8, 4) is 11.5 Å². The molecule has 1 aromatic carbocycles. The van der Waals surface area contributed by atoms with Gasteiger partial charge in [0.1, 0.15) is 0 Å². The summed E-state index contributed by atoms with van der Waals surface area (Å²) in [4.78, 5) is 23.9. The Morgan fingerprint density at radius 3 is 2.00 bits per heavy atom. The molecule has 1 aromatic rings. The van der Waals surface area contributed by atoms with Gasteiger partial charge in [0.2, 0.25) is 0 Å². The summed E-state index contributed by atoms with van der Waals surface area (Å²) >= 11 is 0. The van der Waals surface area contributed by atoms with Crippen LogP contribution in [0.25, 0.3) is 0 Å². The van der Waals surface area contributed by atoms with Gasteiger partial charge in [0.25, 0.3) is 0 Å². The van der Waals surface area contributed by atoms with Crippen LogP contribution in [0.3, 0.4) is 0 Å². The van der Waals surface area contributed by atoms with E-state index in [4.69, 9.17) is 9.47 Å². The molecule has 0 aliphatic heterocycles. The highest BCUT2D eigenvalue weighted by molar-refractivity contribution is 5.76. The van der Waals surface area contributed by atoms with E-state index < -0.39 is 0 Å². The Morgan fingerprint density at radius 1 is 0.920 bits per heavy atom. The molecule has 0 saturated carbocycles. The predicted octanol–water partition coefficient (Wildman–Crippen LogP) is 5.47. The maximum atomic E-state index is 12.0. The molecule has 25 heavy (non-hydrogen) atoms. The lowest BCUT2D eigenvalue weighted by Crippen LogP contribution is -2.12. The molecule has 0 aromatic heterocycles. The van der Waals surface area contributed by atoms with Crippen LogP contribution in [0.1, 0.15) is 78.2 Å². The number of aryl methyl sites for hydroxylation is 1. The zero-order chi connectivity index (χ0) is 18.7. The van der Waals surface area contributed by atoms with E-state index in [1.165, 1.54) is 0 Å². The number of benzene rings is 1. The Morgan fingerprint density at radius 2 is 1.48 bits per heavy atom. The molecule has 0 amide bonds. The number of unbranched alkanes of at least 4 members (excludes halogenated alkanes) is 2.